The molecule has 0 aromatic heterocycles. The molecular formula is C15H14O. The van der Waals surface area contributed by atoms with Crippen molar-refractivity contribution in [2.75, 3.05) is 0 Å². The Hall–Kier alpha value is -2.02. The highest BCUT2D eigenvalue weighted by molar-refractivity contribution is 5.81. The number of hydrogen-bond donors (Lipinski definition) is 1. The van der Waals surface area contributed by atoms with Crippen LogP contribution in [0, 0.1) is 0 Å². The van der Waals surface area contributed by atoms with Gasteiger partial charge in [0.05, 0.1) is 0 Å². The van der Waals surface area contributed by atoms with Crippen LogP contribution in [0.5, 0.6) is 5.75 Å². The zero-order valence-electron chi connectivity index (χ0n) is 9.22. The molecule has 2 rings (SSSR count). The third kappa shape index (κ3) is 2.31. The highest BCUT2D eigenvalue weighted by atomic mass is 16.3. The Morgan fingerprint density at radius 2 is 1.56 bits per heavy atom. The molecule has 1 nitrogen and oxygen atoms in total. The van der Waals surface area contributed by atoms with Gasteiger partial charge in [0.2, 0.25) is 0 Å². The van der Waals surface area contributed by atoms with Crippen molar-refractivity contribution in [2.24, 2.45) is 0 Å². The van der Waals surface area contributed by atoms with Crippen molar-refractivity contribution in [2.45, 2.75) is 6.92 Å². The van der Waals surface area contributed by atoms with Gasteiger partial charge >= 0.3 is 0 Å². The minimum absolute atomic E-state index is 0.317. The van der Waals surface area contributed by atoms with Crippen LogP contribution in [0.15, 0.2) is 54.6 Å². The molecule has 0 saturated carbocycles. The molecule has 0 amide bonds. The molecule has 0 atom stereocenters. The van der Waals surface area contributed by atoms with E-state index in [1.54, 1.807) is 6.07 Å². The lowest BCUT2D eigenvalue weighted by molar-refractivity contribution is 0.474. The molecule has 0 bridgehead atoms. The lowest BCUT2D eigenvalue weighted by Crippen LogP contribution is -1.79. The van der Waals surface area contributed by atoms with E-state index in [0.717, 1.165) is 11.1 Å². The summed E-state index contributed by atoms with van der Waals surface area (Å²) in [6, 6.07) is 17.5. The molecule has 0 saturated heterocycles. The SMILES string of the molecule is C/C(=C\c1ccccc1O)c1ccccc1. The van der Waals surface area contributed by atoms with Gasteiger partial charge in [0.25, 0.3) is 0 Å². The van der Waals surface area contributed by atoms with Crippen molar-refractivity contribution in [3.63, 3.8) is 0 Å². The summed E-state index contributed by atoms with van der Waals surface area (Å²) >= 11 is 0. The van der Waals surface area contributed by atoms with Crippen molar-refractivity contribution in [3.05, 3.63) is 65.7 Å². The third-order valence-corrected chi connectivity index (χ3v) is 2.54. The minimum atomic E-state index is 0.317. The van der Waals surface area contributed by atoms with E-state index in [9.17, 15) is 5.11 Å². The standard InChI is InChI=1S/C15H14O/c1-12(13-7-3-2-4-8-13)11-14-9-5-6-10-15(14)16/h2-11,16H,1H3/b12-11+. The van der Waals surface area contributed by atoms with Gasteiger partial charge in [-0.25, -0.2) is 0 Å². The highest BCUT2D eigenvalue weighted by Gasteiger charge is 1.98. The molecular weight excluding hydrogens is 196 g/mol. The number of aromatic hydroxyl groups is 1. The maximum absolute atomic E-state index is 9.66. The van der Waals surface area contributed by atoms with Gasteiger partial charge in [0, 0.05) is 5.56 Å². The molecule has 0 heterocycles. The van der Waals surface area contributed by atoms with E-state index < -0.39 is 0 Å². The second-order valence-corrected chi connectivity index (χ2v) is 3.75. The lowest BCUT2D eigenvalue weighted by Gasteiger charge is -2.03. The number of benzene rings is 2. The predicted molar refractivity (Wildman–Crippen MR) is 68.1 cm³/mol. The second kappa shape index (κ2) is 4.67. The van der Waals surface area contributed by atoms with Crippen LogP contribution < -0.4 is 0 Å². The number of phenols is 1. The van der Waals surface area contributed by atoms with Crippen LogP contribution >= 0.6 is 0 Å². The van der Waals surface area contributed by atoms with Crippen molar-refractivity contribution < 1.29 is 5.11 Å². The Morgan fingerprint density at radius 1 is 0.938 bits per heavy atom. The molecule has 1 N–H and O–H groups in total. The van der Waals surface area contributed by atoms with Crippen molar-refractivity contribution in [1.29, 1.82) is 0 Å². The van der Waals surface area contributed by atoms with E-state index in [1.165, 1.54) is 5.56 Å². The largest absolute Gasteiger partial charge is 0.507 e. The summed E-state index contributed by atoms with van der Waals surface area (Å²) in [7, 11) is 0. The van der Waals surface area contributed by atoms with Gasteiger partial charge in [0.1, 0.15) is 5.75 Å². The summed E-state index contributed by atoms with van der Waals surface area (Å²) in [5.41, 5.74) is 3.16. The third-order valence-electron chi connectivity index (χ3n) is 2.54. The Balaban J connectivity index is 2.36. The Labute approximate surface area is 95.7 Å². The first-order chi connectivity index (χ1) is 7.77. The summed E-state index contributed by atoms with van der Waals surface area (Å²) in [6.45, 7) is 2.04. The number of allylic oxidation sites excluding steroid dienone is 1. The van der Waals surface area contributed by atoms with Gasteiger partial charge in [-0.2, -0.15) is 0 Å². The summed E-state index contributed by atoms with van der Waals surface area (Å²) < 4.78 is 0. The first kappa shape index (κ1) is 10.5. The summed E-state index contributed by atoms with van der Waals surface area (Å²) in [5.74, 6) is 0.317. The van der Waals surface area contributed by atoms with Crippen LogP contribution in [-0.2, 0) is 0 Å². The summed E-state index contributed by atoms with van der Waals surface area (Å²) in [4.78, 5) is 0. The van der Waals surface area contributed by atoms with E-state index in [2.05, 4.69) is 12.1 Å². The number of phenolic OH excluding ortho intramolecular Hbond substituents is 1. The fourth-order valence-electron chi connectivity index (χ4n) is 1.63. The zero-order valence-corrected chi connectivity index (χ0v) is 9.22. The van der Waals surface area contributed by atoms with Gasteiger partial charge in [0.15, 0.2) is 0 Å². The smallest absolute Gasteiger partial charge is 0.122 e. The lowest BCUT2D eigenvalue weighted by atomic mass is 10.0. The molecule has 0 aliphatic carbocycles. The van der Waals surface area contributed by atoms with Crippen LogP contribution in [0.25, 0.3) is 11.6 Å². The highest BCUT2D eigenvalue weighted by Crippen LogP contribution is 2.22. The van der Waals surface area contributed by atoms with Crippen LogP contribution in [0.3, 0.4) is 0 Å². The van der Waals surface area contributed by atoms with Crippen LogP contribution in [-0.4, -0.2) is 5.11 Å². The monoisotopic (exact) mass is 210 g/mol. The Morgan fingerprint density at radius 3 is 2.25 bits per heavy atom. The number of para-hydroxylation sites is 1. The minimum Gasteiger partial charge on any atom is -0.507 e. The molecule has 2 aromatic carbocycles. The summed E-state index contributed by atoms with van der Waals surface area (Å²) in [6.07, 6.45) is 1.99. The fourth-order valence-corrected chi connectivity index (χ4v) is 1.63. The topological polar surface area (TPSA) is 20.2 Å². The molecule has 80 valence electrons. The second-order valence-electron chi connectivity index (χ2n) is 3.75. The molecule has 16 heavy (non-hydrogen) atoms. The van der Waals surface area contributed by atoms with Crippen molar-refractivity contribution >= 4 is 11.6 Å². The van der Waals surface area contributed by atoms with Crippen molar-refractivity contribution in [1.82, 2.24) is 0 Å². The first-order valence-electron chi connectivity index (χ1n) is 5.29. The van der Waals surface area contributed by atoms with Crippen LogP contribution in [0.2, 0.25) is 0 Å². The summed E-state index contributed by atoms with van der Waals surface area (Å²) in [5, 5.41) is 9.66. The Kier molecular flexibility index (Phi) is 3.06. The Bertz CT molecular complexity index is 498. The van der Waals surface area contributed by atoms with Crippen LogP contribution in [0.4, 0.5) is 0 Å². The molecule has 2 aromatic rings. The molecule has 0 fully saturated rings. The average molecular weight is 210 g/mol. The molecule has 0 aliphatic rings. The maximum atomic E-state index is 9.66. The van der Waals surface area contributed by atoms with Crippen LogP contribution in [0.1, 0.15) is 18.1 Å². The van der Waals surface area contributed by atoms with Gasteiger partial charge in [-0.1, -0.05) is 48.5 Å². The number of rotatable bonds is 2. The molecule has 1 heteroatoms. The quantitative estimate of drug-likeness (QED) is 0.744. The first-order valence-corrected chi connectivity index (χ1v) is 5.29. The molecule has 0 spiro atoms. The maximum Gasteiger partial charge on any atom is 0.122 e. The van der Waals surface area contributed by atoms with Gasteiger partial charge in [-0.3, -0.25) is 0 Å². The van der Waals surface area contributed by atoms with E-state index in [4.69, 9.17) is 0 Å². The van der Waals surface area contributed by atoms with Gasteiger partial charge in [-0.15, -0.1) is 0 Å². The van der Waals surface area contributed by atoms with E-state index in [0.29, 0.717) is 5.75 Å². The molecule has 0 aliphatic heterocycles. The van der Waals surface area contributed by atoms with Crippen molar-refractivity contribution in [3.8, 4) is 5.75 Å². The molecule has 0 radical (unpaired) electrons. The van der Waals surface area contributed by atoms with Gasteiger partial charge < -0.3 is 5.11 Å². The average Bonchev–Trinajstić information content (AvgIpc) is 2.33. The normalized spacial score (nSPS) is 11.4. The van der Waals surface area contributed by atoms with E-state index in [1.807, 2.05) is 49.4 Å². The predicted octanol–water partition coefficient (Wildman–Crippen LogP) is 3.95. The van der Waals surface area contributed by atoms with Gasteiger partial charge in [-0.05, 0) is 30.2 Å². The zero-order chi connectivity index (χ0) is 11.4. The molecule has 0 unspecified atom stereocenters. The number of hydrogen-bond acceptors (Lipinski definition) is 1. The van der Waals surface area contributed by atoms with E-state index >= 15 is 0 Å². The van der Waals surface area contributed by atoms with E-state index in [-0.39, 0.29) is 0 Å². The fraction of sp³-hybridized carbons (Fsp3) is 0.0667.